The highest BCUT2D eigenvalue weighted by Gasteiger charge is 2.19. The molecule has 44 heavy (non-hydrogen) atoms. The van der Waals surface area contributed by atoms with Gasteiger partial charge in [0.2, 0.25) is 5.91 Å². The highest BCUT2D eigenvalue weighted by molar-refractivity contribution is 7.99. The molecule has 0 atom stereocenters. The van der Waals surface area contributed by atoms with Gasteiger partial charge >= 0.3 is 0 Å². The highest BCUT2D eigenvalue weighted by atomic mass is 32.2. The first-order valence-electron chi connectivity index (χ1n) is 13.7. The lowest BCUT2D eigenvalue weighted by atomic mass is 10.1. The molecule has 0 unspecified atom stereocenters. The van der Waals surface area contributed by atoms with Gasteiger partial charge in [-0.15, -0.1) is 10.2 Å². The summed E-state index contributed by atoms with van der Waals surface area (Å²) in [5.41, 5.74) is 3.95. The molecule has 2 N–H and O–H groups in total. The Morgan fingerprint density at radius 3 is 2.27 bits per heavy atom. The Kier molecular flexibility index (Phi) is 9.26. The molecular weight excluding hydrogens is 599 g/mol. The Morgan fingerprint density at radius 1 is 0.909 bits per heavy atom. The summed E-state index contributed by atoms with van der Waals surface area (Å²) in [7, 11) is -3.88. The van der Waals surface area contributed by atoms with Crippen LogP contribution in [-0.2, 0) is 14.8 Å². The van der Waals surface area contributed by atoms with Crippen LogP contribution >= 0.6 is 11.8 Å². The van der Waals surface area contributed by atoms with Gasteiger partial charge in [-0.3, -0.25) is 14.1 Å². The van der Waals surface area contributed by atoms with Crippen molar-refractivity contribution in [2.75, 3.05) is 22.4 Å². The highest BCUT2D eigenvalue weighted by Crippen LogP contribution is 2.29. The molecule has 0 bridgehead atoms. The van der Waals surface area contributed by atoms with Gasteiger partial charge in [0, 0.05) is 28.7 Å². The molecule has 0 radical (unpaired) electrons. The van der Waals surface area contributed by atoms with Crippen molar-refractivity contribution in [3.63, 3.8) is 0 Å². The molecule has 3 aromatic carbocycles. The van der Waals surface area contributed by atoms with Crippen LogP contribution in [0, 0.1) is 20.8 Å². The summed E-state index contributed by atoms with van der Waals surface area (Å²) in [5.74, 6) is 1.82. The fourth-order valence-corrected chi connectivity index (χ4v) is 6.10. The minimum Gasteiger partial charge on any atom is -0.494 e. The van der Waals surface area contributed by atoms with Crippen molar-refractivity contribution in [3.05, 3.63) is 95.9 Å². The third-order valence-electron chi connectivity index (χ3n) is 6.33. The van der Waals surface area contributed by atoms with Gasteiger partial charge in [0.25, 0.3) is 10.0 Å². The number of aromatic nitrogens is 5. The van der Waals surface area contributed by atoms with Gasteiger partial charge in [0.05, 0.1) is 17.3 Å². The molecule has 5 aromatic rings. The average Bonchev–Trinajstić information content (AvgIpc) is 3.40. The van der Waals surface area contributed by atoms with E-state index < -0.39 is 10.0 Å². The number of thioether (sulfide) groups is 1. The van der Waals surface area contributed by atoms with Crippen LogP contribution in [0.2, 0.25) is 0 Å². The zero-order valence-corrected chi connectivity index (χ0v) is 26.2. The van der Waals surface area contributed by atoms with E-state index in [1.807, 2.05) is 66.9 Å². The Morgan fingerprint density at radius 2 is 1.61 bits per heavy atom. The minimum absolute atomic E-state index is 0.0332. The lowest BCUT2D eigenvalue weighted by Crippen LogP contribution is -2.16. The molecule has 0 aliphatic rings. The third kappa shape index (κ3) is 7.41. The molecular formula is C31H31N7O4S2. The molecule has 226 valence electrons. The maximum atomic E-state index is 12.9. The van der Waals surface area contributed by atoms with E-state index in [-0.39, 0.29) is 22.4 Å². The number of hydrogen-bond donors (Lipinski definition) is 2. The largest absolute Gasteiger partial charge is 0.494 e. The second-order valence-electron chi connectivity index (χ2n) is 9.84. The summed E-state index contributed by atoms with van der Waals surface area (Å²) in [5, 5.41) is 12.2. The van der Waals surface area contributed by atoms with E-state index in [2.05, 4.69) is 30.2 Å². The molecule has 13 heteroatoms. The number of aryl methyl sites for hydroxylation is 3. The van der Waals surface area contributed by atoms with E-state index in [9.17, 15) is 13.2 Å². The first-order valence-corrected chi connectivity index (χ1v) is 16.2. The topological polar surface area (TPSA) is 141 Å². The van der Waals surface area contributed by atoms with Crippen LogP contribution in [-0.4, -0.2) is 51.4 Å². The average molecular weight is 630 g/mol. The van der Waals surface area contributed by atoms with Crippen LogP contribution in [0.1, 0.15) is 24.0 Å². The number of nitrogens with one attached hydrogen (secondary N) is 2. The van der Waals surface area contributed by atoms with Gasteiger partial charge < -0.3 is 10.1 Å². The fraction of sp³-hybridized carbons (Fsp3) is 0.194. The van der Waals surface area contributed by atoms with E-state index >= 15 is 0 Å². The SMILES string of the molecule is CCOc1ccc(-n2c(SCC(=O)Nc3ccc(S(=O)(=O)Nc4cc(C)nc(C)n4)cc3)nnc2-c2ccc(C)cc2)cc1. The number of benzene rings is 3. The summed E-state index contributed by atoms with van der Waals surface area (Å²) in [6.45, 7) is 7.96. The van der Waals surface area contributed by atoms with Gasteiger partial charge in [-0.1, -0.05) is 41.6 Å². The van der Waals surface area contributed by atoms with Crippen molar-refractivity contribution in [1.82, 2.24) is 24.7 Å². The molecule has 0 fully saturated rings. The molecule has 0 saturated heterocycles. The summed E-state index contributed by atoms with van der Waals surface area (Å²) in [6.07, 6.45) is 0. The lowest BCUT2D eigenvalue weighted by molar-refractivity contribution is -0.113. The molecule has 0 spiro atoms. The zero-order valence-electron chi connectivity index (χ0n) is 24.6. The number of anilines is 2. The van der Waals surface area contributed by atoms with Crippen LogP contribution < -0.4 is 14.8 Å². The van der Waals surface area contributed by atoms with Crippen molar-refractivity contribution >= 4 is 39.2 Å². The second-order valence-corrected chi connectivity index (χ2v) is 12.5. The smallest absolute Gasteiger partial charge is 0.263 e. The van der Waals surface area contributed by atoms with Crippen molar-refractivity contribution in [1.29, 1.82) is 0 Å². The predicted molar refractivity (Wildman–Crippen MR) is 171 cm³/mol. The zero-order chi connectivity index (χ0) is 31.3. The van der Waals surface area contributed by atoms with E-state index in [0.29, 0.717) is 34.8 Å². The maximum absolute atomic E-state index is 12.9. The normalized spacial score (nSPS) is 11.3. The van der Waals surface area contributed by atoms with E-state index in [1.165, 1.54) is 36.0 Å². The van der Waals surface area contributed by atoms with Gasteiger partial charge in [0.15, 0.2) is 11.0 Å². The van der Waals surface area contributed by atoms with E-state index in [4.69, 9.17) is 4.74 Å². The summed E-state index contributed by atoms with van der Waals surface area (Å²) < 4.78 is 35.7. The molecule has 0 aliphatic heterocycles. The van der Waals surface area contributed by atoms with Crippen molar-refractivity contribution < 1.29 is 17.9 Å². The van der Waals surface area contributed by atoms with Crippen molar-refractivity contribution in [2.24, 2.45) is 0 Å². The predicted octanol–water partition coefficient (Wildman–Crippen LogP) is 5.58. The quantitative estimate of drug-likeness (QED) is 0.179. The van der Waals surface area contributed by atoms with Gasteiger partial charge in [-0.05, 0) is 76.2 Å². The summed E-state index contributed by atoms with van der Waals surface area (Å²) in [6, 6.07) is 23.1. The van der Waals surface area contributed by atoms with Gasteiger partial charge in [-0.2, -0.15) is 0 Å². The lowest BCUT2D eigenvalue weighted by Gasteiger charge is -2.12. The van der Waals surface area contributed by atoms with Gasteiger partial charge in [-0.25, -0.2) is 18.4 Å². The monoisotopic (exact) mass is 629 g/mol. The third-order valence-corrected chi connectivity index (χ3v) is 8.63. The fourth-order valence-electron chi connectivity index (χ4n) is 4.35. The Labute approximate surface area is 260 Å². The van der Waals surface area contributed by atoms with Crippen LogP contribution in [0.3, 0.4) is 0 Å². The van der Waals surface area contributed by atoms with Crippen molar-refractivity contribution in [3.8, 4) is 22.8 Å². The summed E-state index contributed by atoms with van der Waals surface area (Å²) in [4.78, 5) is 21.2. The standard InChI is InChI=1S/C31H31N7O4S2/c1-5-42-26-14-12-25(13-15-26)38-30(23-8-6-20(2)7-9-23)35-36-31(38)43-19-29(39)34-24-10-16-27(17-11-24)44(40,41)37-28-18-21(3)32-22(4)33-28/h6-18H,5,19H2,1-4H3,(H,34,39)(H,32,33,37). The molecule has 2 heterocycles. The van der Waals surface area contributed by atoms with E-state index in [0.717, 1.165) is 22.6 Å². The molecule has 0 aliphatic carbocycles. The van der Waals surface area contributed by atoms with E-state index in [1.54, 1.807) is 19.9 Å². The number of amides is 1. The van der Waals surface area contributed by atoms with Crippen LogP contribution in [0.25, 0.3) is 17.1 Å². The molecule has 0 saturated carbocycles. The number of nitrogens with zero attached hydrogens (tertiary/aromatic N) is 5. The first-order chi connectivity index (χ1) is 21.1. The number of hydrogen-bond acceptors (Lipinski definition) is 9. The number of ether oxygens (including phenoxy) is 1. The molecule has 5 rings (SSSR count). The number of carbonyl (C=O) groups is 1. The number of rotatable bonds is 11. The number of carbonyl (C=O) groups excluding carboxylic acids is 1. The van der Waals surface area contributed by atoms with Crippen LogP contribution in [0.5, 0.6) is 5.75 Å². The Hall–Kier alpha value is -4.75. The maximum Gasteiger partial charge on any atom is 0.263 e. The Bertz CT molecular complexity index is 1850. The molecule has 11 nitrogen and oxygen atoms in total. The van der Waals surface area contributed by atoms with Gasteiger partial charge in [0.1, 0.15) is 17.4 Å². The number of sulfonamides is 1. The first kappa shape index (κ1) is 30.7. The second kappa shape index (κ2) is 13.3. The Balaban J connectivity index is 1.29. The minimum atomic E-state index is -3.88. The molecule has 1 amide bonds. The van der Waals surface area contributed by atoms with Crippen molar-refractivity contribution in [2.45, 2.75) is 37.7 Å². The molecule has 2 aromatic heterocycles. The summed E-state index contributed by atoms with van der Waals surface area (Å²) >= 11 is 1.24. The van der Waals surface area contributed by atoms with Crippen LogP contribution in [0.15, 0.2) is 88.9 Å². The van der Waals surface area contributed by atoms with Crippen LogP contribution in [0.4, 0.5) is 11.5 Å².